The molecule has 0 saturated heterocycles. The van der Waals surface area contributed by atoms with Crippen LogP contribution in [0.2, 0.25) is 0 Å². The number of hydrogen-bond acceptors (Lipinski definition) is 2. The van der Waals surface area contributed by atoms with E-state index < -0.39 is 6.04 Å². The van der Waals surface area contributed by atoms with E-state index in [4.69, 9.17) is 0 Å². The van der Waals surface area contributed by atoms with Gasteiger partial charge in [0.2, 0.25) is 11.8 Å². The SMILES string of the molecule is Cc1ccc(CN(C(=O)Cc2ccc(F)cc2)[C@H](Cc2ccccc2)C(=O)NC(C)C)cc1. The molecule has 1 atom stereocenters. The van der Waals surface area contributed by atoms with Crippen molar-refractivity contribution in [1.29, 1.82) is 0 Å². The first kappa shape index (κ1) is 24.2. The predicted octanol–water partition coefficient (Wildman–Crippen LogP) is 4.84. The average Bonchev–Trinajstić information content (AvgIpc) is 2.79. The monoisotopic (exact) mass is 446 g/mol. The van der Waals surface area contributed by atoms with Crippen molar-refractivity contribution >= 4 is 11.8 Å². The van der Waals surface area contributed by atoms with Gasteiger partial charge < -0.3 is 10.2 Å². The van der Waals surface area contributed by atoms with E-state index in [1.165, 1.54) is 12.1 Å². The summed E-state index contributed by atoms with van der Waals surface area (Å²) in [5, 5.41) is 2.98. The first-order valence-corrected chi connectivity index (χ1v) is 11.3. The van der Waals surface area contributed by atoms with Gasteiger partial charge in [0.1, 0.15) is 11.9 Å². The molecule has 2 amide bonds. The summed E-state index contributed by atoms with van der Waals surface area (Å²) in [5.41, 5.74) is 3.76. The minimum Gasteiger partial charge on any atom is -0.352 e. The highest BCUT2D eigenvalue weighted by atomic mass is 19.1. The lowest BCUT2D eigenvalue weighted by Gasteiger charge is -2.32. The lowest BCUT2D eigenvalue weighted by atomic mass is 10.0. The van der Waals surface area contributed by atoms with Gasteiger partial charge in [-0.1, -0.05) is 72.3 Å². The Morgan fingerprint density at radius 1 is 0.848 bits per heavy atom. The van der Waals surface area contributed by atoms with Crippen molar-refractivity contribution in [2.45, 2.75) is 52.2 Å². The molecule has 0 spiro atoms. The molecule has 1 N–H and O–H groups in total. The molecule has 4 nitrogen and oxygen atoms in total. The maximum Gasteiger partial charge on any atom is 0.243 e. The van der Waals surface area contributed by atoms with Crippen LogP contribution in [0.4, 0.5) is 4.39 Å². The number of benzene rings is 3. The fourth-order valence-electron chi connectivity index (χ4n) is 3.70. The van der Waals surface area contributed by atoms with Gasteiger partial charge in [-0.25, -0.2) is 4.39 Å². The highest BCUT2D eigenvalue weighted by Crippen LogP contribution is 2.17. The second-order valence-electron chi connectivity index (χ2n) is 8.68. The van der Waals surface area contributed by atoms with Crippen molar-refractivity contribution in [3.63, 3.8) is 0 Å². The molecule has 0 saturated carbocycles. The van der Waals surface area contributed by atoms with E-state index in [-0.39, 0.29) is 30.1 Å². The van der Waals surface area contributed by atoms with E-state index in [0.717, 1.165) is 16.7 Å². The lowest BCUT2D eigenvalue weighted by molar-refractivity contribution is -0.141. The van der Waals surface area contributed by atoms with Gasteiger partial charge in [0.15, 0.2) is 0 Å². The Hall–Kier alpha value is -3.47. The summed E-state index contributed by atoms with van der Waals surface area (Å²) in [6.45, 7) is 6.13. The van der Waals surface area contributed by atoms with Crippen LogP contribution in [-0.2, 0) is 29.0 Å². The molecular formula is C28H31FN2O2. The number of hydrogen-bond donors (Lipinski definition) is 1. The van der Waals surface area contributed by atoms with Gasteiger partial charge in [-0.15, -0.1) is 0 Å². The highest BCUT2D eigenvalue weighted by Gasteiger charge is 2.30. The number of aryl methyl sites for hydroxylation is 1. The zero-order valence-electron chi connectivity index (χ0n) is 19.4. The van der Waals surface area contributed by atoms with Gasteiger partial charge in [-0.3, -0.25) is 9.59 Å². The molecule has 3 rings (SSSR count). The Labute approximate surface area is 195 Å². The molecule has 3 aromatic rings. The number of halogens is 1. The number of nitrogens with one attached hydrogen (secondary N) is 1. The van der Waals surface area contributed by atoms with Crippen molar-refractivity contribution in [2.24, 2.45) is 0 Å². The largest absolute Gasteiger partial charge is 0.352 e. The van der Waals surface area contributed by atoms with Gasteiger partial charge in [0.05, 0.1) is 6.42 Å². The van der Waals surface area contributed by atoms with Gasteiger partial charge in [0.25, 0.3) is 0 Å². The molecule has 33 heavy (non-hydrogen) atoms. The topological polar surface area (TPSA) is 49.4 Å². The third-order valence-corrected chi connectivity index (χ3v) is 5.44. The molecule has 0 heterocycles. The first-order chi connectivity index (χ1) is 15.8. The van der Waals surface area contributed by atoms with Crippen LogP contribution in [0.5, 0.6) is 0 Å². The van der Waals surface area contributed by atoms with Crippen molar-refractivity contribution in [1.82, 2.24) is 10.2 Å². The van der Waals surface area contributed by atoms with Gasteiger partial charge in [-0.2, -0.15) is 0 Å². The summed E-state index contributed by atoms with van der Waals surface area (Å²) in [6, 6.07) is 22.8. The van der Waals surface area contributed by atoms with Crippen LogP contribution in [0.1, 0.15) is 36.1 Å². The third kappa shape index (κ3) is 7.28. The molecule has 0 aromatic heterocycles. The zero-order chi connectivity index (χ0) is 23.8. The van der Waals surface area contributed by atoms with Crippen LogP contribution in [0, 0.1) is 12.7 Å². The predicted molar refractivity (Wildman–Crippen MR) is 129 cm³/mol. The van der Waals surface area contributed by atoms with Gasteiger partial charge in [0, 0.05) is 19.0 Å². The van der Waals surface area contributed by atoms with Crippen LogP contribution in [0.25, 0.3) is 0 Å². The van der Waals surface area contributed by atoms with E-state index in [1.807, 2.05) is 75.4 Å². The van der Waals surface area contributed by atoms with E-state index in [1.54, 1.807) is 17.0 Å². The van der Waals surface area contributed by atoms with E-state index in [2.05, 4.69) is 5.32 Å². The summed E-state index contributed by atoms with van der Waals surface area (Å²) in [7, 11) is 0. The fourth-order valence-corrected chi connectivity index (χ4v) is 3.70. The molecule has 0 fully saturated rings. The second-order valence-corrected chi connectivity index (χ2v) is 8.68. The number of nitrogens with zero attached hydrogens (tertiary/aromatic N) is 1. The van der Waals surface area contributed by atoms with E-state index >= 15 is 0 Å². The molecule has 3 aromatic carbocycles. The smallest absolute Gasteiger partial charge is 0.243 e. The average molecular weight is 447 g/mol. The molecule has 0 radical (unpaired) electrons. The van der Waals surface area contributed by atoms with Crippen LogP contribution in [-0.4, -0.2) is 28.8 Å². The first-order valence-electron chi connectivity index (χ1n) is 11.3. The van der Waals surface area contributed by atoms with Crippen molar-refractivity contribution in [2.75, 3.05) is 0 Å². The Morgan fingerprint density at radius 3 is 2.06 bits per heavy atom. The number of rotatable bonds is 9. The van der Waals surface area contributed by atoms with Crippen LogP contribution >= 0.6 is 0 Å². The third-order valence-electron chi connectivity index (χ3n) is 5.44. The maximum atomic E-state index is 13.5. The summed E-state index contributed by atoms with van der Waals surface area (Å²) >= 11 is 0. The number of amides is 2. The Morgan fingerprint density at radius 2 is 1.45 bits per heavy atom. The minimum absolute atomic E-state index is 0.0517. The van der Waals surface area contributed by atoms with Crippen LogP contribution < -0.4 is 5.32 Å². The summed E-state index contributed by atoms with van der Waals surface area (Å²) < 4.78 is 13.4. The van der Waals surface area contributed by atoms with Crippen molar-refractivity contribution in [3.05, 3.63) is 107 Å². The number of carbonyl (C=O) groups excluding carboxylic acids is 2. The molecule has 0 bridgehead atoms. The summed E-state index contributed by atoms with van der Waals surface area (Å²) in [4.78, 5) is 28.5. The van der Waals surface area contributed by atoms with Crippen LogP contribution in [0.3, 0.4) is 0 Å². The zero-order valence-corrected chi connectivity index (χ0v) is 19.4. The maximum absolute atomic E-state index is 13.5. The van der Waals surface area contributed by atoms with E-state index in [9.17, 15) is 14.0 Å². The Kier molecular flexibility index (Phi) is 8.36. The second kappa shape index (κ2) is 11.4. The van der Waals surface area contributed by atoms with E-state index in [0.29, 0.717) is 18.5 Å². The minimum atomic E-state index is -0.677. The Bertz CT molecular complexity index is 1050. The quantitative estimate of drug-likeness (QED) is 0.511. The number of carbonyl (C=O) groups is 2. The van der Waals surface area contributed by atoms with Crippen molar-refractivity contribution in [3.8, 4) is 0 Å². The molecule has 0 aliphatic rings. The standard InChI is InChI=1S/C28H31FN2O2/c1-20(2)30-28(33)26(17-22-7-5-4-6-8-22)31(19-24-11-9-21(3)10-12-24)27(32)18-23-13-15-25(29)16-14-23/h4-16,20,26H,17-19H2,1-3H3,(H,30,33)/t26-/m1/s1. The van der Waals surface area contributed by atoms with Gasteiger partial charge in [-0.05, 0) is 49.6 Å². The summed E-state index contributed by atoms with van der Waals surface area (Å²) in [6.07, 6.45) is 0.493. The fraction of sp³-hybridized carbons (Fsp3) is 0.286. The molecule has 5 heteroatoms. The van der Waals surface area contributed by atoms with Gasteiger partial charge >= 0.3 is 0 Å². The van der Waals surface area contributed by atoms with Crippen molar-refractivity contribution < 1.29 is 14.0 Å². The highest BCUT2D eigenvalue weighted by molar-refractivity contribution is 5.89. The summed E-state index contributed by atoms with van der Waals surface area (Å²) in [5.74, 6) is -0.712. The molecular weight excluding hydrogens is 415 g/mol. The lowest BCUT2D eigenvalue weighted by Crippen LogP contribution is -2.52. The normalized spacial score (nSPS) is 11.8. The van der Waals surface area contributed by atoms with Crippen LogP contribution in [0.15, 0.2) is 78.9 Å². The Balaban J connectivity index is 1.95. The molecule has 0 aliphatic carbocycles. The molecule has 0 unspecified atom stereocenters. The molecule has 172 valence electrons. The molecule has 0 aliphatic heterocycles.